The van der Waals surface area contributed by atoms with Crippen LogP contribution in [0.5, 0.6) is 0 Å². The SMILES string of the molecule is COCc1cc(N2CCC(CN3CCCC3)CC2)nc(C(C)(C)C)n1. The zero-order valence-corrected chi connectivity index (χ0v) is 16.4. The highest BCUT2D eigenvalue weighted by Gasteiger charge is 2.25. The molecule has 0 unspecified atom stereocenters. The van der Waals surface area contributed by atoms with Gasteiger partial charge >= 0.3 is 0 Å². The Balaban J connectivity index is 1.66. The summed E-state index contributed by atoms with van der Waals surface area (Å²) in [5.74, 6) is 2.83. The van der Waals surface area contributed by atoms with Crippen molar-refractivity contribution in [3.8, 4) is 0 Å². The first-order valence-corrected chi connectivity index (χ1v) is 9.80. The molecule has 1 aromatic heterocycles. The maximum atomic E-state index is 5.31. The van der Waals surface area contributed by atoms with Crippen LogP contribution in [0.1, 0.15) is 58.0 Å². The minimum absolute atomic E-state index is 0.0490. The Kier molecular flexibility index (Phi) is 5.95. The number of anilines is 1. The van der Waals surface area contributed by atoms with Crippen LogP contribution in [0.3, 0.4) is 0 Å². The average Bonchev–Trinajstić information content (AvgIpc) is 3.08. The van der Waals surface area contributed by atoms with E-state index in [1.807, 2.05) is 0 Å². The standard InChI is InChI=1S/C20H34N4O/c1-20(2,3)19-21-17(15-25-4)13-18(22-19)24-11-7-16(8-12-24)14-23-9-5-6-10-23/h13,16H,5-12,14-15H2,1-4H3. The van der Waals surface area contributed by atoms with E-state index >= 15 is 0 Å². The predicted octanol–water partition coefficient (Wildman–Crippen LogP) is 3.23. The lowest BCUT2D eigenvalue weighted by molar-refractivity contribution is 0.181. The minimum atomic E-state index is -0.0490. The highest BCUT2D eigenvalue weighted by atomic mass is 16.5. The van der Waals surface area contributed by atoms with Crippen LogP contribution in [0.2, 0.25) is 0 Å². The molecule has 2 fully saturated rings. The Hall–Kier alpha value is -1.20. The largest absolute Gasteiger partial charge is 0.378 e. The molecule has 2 aliphatic heterocycles. The molecule has 0 radical (unpaired) electrons. The molecule has 5 heteroatoms. The van der Waals surface area contributed by atoms with Gasteiger partial charge < -0.3 is 14.5 Å². The quantitative estimate of drug-likeness (QED) is 0.819. The number of hydrogen-bond donors (Lipinski definition) is 0. The molecule has 3 heterocycles. The summed E-state index contributed by atoms with van der Waals surface area (Å²) < 4.78 is 5.31. The molecule has 5 nitrogen and oxygen atoms in total. The molecule has 25 heavy (non-hydrogen) atoms. The molecule has 0 atom stereocenters. The number of nitrogens with zero attached hydrogens (tertiary/aromatic N) is 4. The lowest BCUT2D eigenvalue weighted by Gasteiger charge is -2.35. The number of ether oxygens (including phenoxy) is 1. The fourth-order valence-electron chi connectivity index (χ4n) is 3.88. The Morgan fingerprint density at radius 3 is 2.36 bits per heavy atom. The molecule has 0 amide bonds. The molecular formula is C20H34N4O. The third-order valence-corrected chi connectivity index (χ3v) is 5.38. The highest BCUT2D eigenvalue weighted by molar-refractivity contribution is 5.41. The van der Waals surface area contributed by atoms with Gasteiger partial charge in [-0.15, -0.1) is 0 Å². The van der Waals surface area contributed by atoms with Gasteiger partial charge in [-0.2, -0.15) is 0 Å². The molecule has 0 saturated carbocycles. The number of likely N-dealkylation sites (tertiary alicyclic amines) is 1. The summed E-state index contributed by atoms with van der Waals surface area (Å²) in [7, 11) is 1.72. The van der Waals surface area contributed by atoms with Gasteiger partial charge in [0.1, 0.15) is 11.6 Å². The monoisotopic (exact) mass is 346 g/mol. The first-order valence-electron chi connectivity index (χ1n) is 9.80. The van der Waals surface area contributed by atoms with Gasteiger partial charge in [0, 0.05) is 38.2 Å². The lowest BCUT2D eigenvalue weighted by atomic mass is 9.95. The average molecular weight is 347 g/mol. The van der Waals surface area contributed by atoms with Gasteiger partial charge in [-0.05, 0) is 44.7 Å². The van der Waals surface area contributed by atoms with Crippen LogP contribution in [0, 0.1) is 5.92 Å². The summed E-state index contributed by atoms with van der Waals surface area (Å²) in [4.78, 5) is 14.7. The molecule has 0 spiro atoms. The Morgan fingerprint density at radius 1 is 1.08 bits per heavy atom. The first kappa shape index (κ1) is 18.6. The number of rotatable bonds is 5. The Labute approximate surface area is 152 Å². The second-order valence-corrected chi connectivity index (χ2v) is 8.66. The van der Waals surface area contributed by atoms with Crippen LogP contribution >= 0.6 is 0 Å². The van der Waals surface area contributed by atoms with Crippen molar-refractivity contribution >= 4 is 5.82 Å². The molecule has 0 aliphatic carbocycles. The van der Waals surface area contributed by atoms with E-state index in [0.717, 1.165) is 36.3 Å². The van der Waals surface area contributed by atoms with Gasteiger partial charge in [-0.25, -0.2) is 9.97 Å². The van der Waals surface area contributed by atoms with Crippen molar-refractivity contribution in [2.24, 2.45) is 5.92 Å². The third kappa shape index (κ3) is 4.91. The van der Waals surface area contributed by atoms with Crippen molar-refractivity contribution in [1.82, 2.24) is 14.9 Å². The van der Waals surface area contributed by atoms with Gasteiger partial charge in [0.05, 0.1) is 12.3 Å². The van der Waals surface area contributed by atoms with Gasteiger partial charge in [-0.1, -0.05) is 20.8 Å². The number of aromatic nitrogens is 2. The molecule has 3 rings (SSSR count). The van der Waals surface area contributed by atoms with E-state index in [1.54, 1.807) is 7.11 Å². The fourth-order valence-corrected chi connectivity index (χ4v) is 3.88. The number of piperidine rings is 1. The number of methoxy groups -OCH3 is 1. The molecule has 0 bridgehead atoms. The van der Waals surface area contributed by atoms with Crippen molar-refractivity contribution in [2.45, 2.75) is 58.5 Å². The fraction of sp³-hybridized carbons (Fsp3) is 0.800. The van der Waals surface area contributed by atoms with E-state index in [9.17, 15) is 0 Å². The predicted molar refractivity (Wildman–Crippen MR) is 102 cm³/mol. The van der Waals surface area contributed by atoms with E-state index in [0.29, 0.717) is 6.61 Å². The summed E-state index contributed by atoms with van der Waals surface area (Å²) in [5.41, 5.74) is 0.934. The summed E-state index contributed by atoms with van der Waals surface area (Å²) >= 11 is 0. The summed E-state index contributed by atoms with van der Waals surface area (Å²) in [6.45, 7) is 13.2. The van der Waals surface area contributed by atoms with Crippen molar-refractivity contribution in [1.29, 1.82) is 0 Å². The van der Waals surface area contributed by atoms with Crippen LogP contribution < -0.4 is 4.90 Å². The van der Waals surface area contributed by atoms with E-state index in [1.165, 1.54) is 45.3 Å². The molecule has 0 aromatic carbocycles. The van der Waals surface area contributed by atoms with Gasteiger partial charge in [0.2, 0.25) is 0 Å². The second-order valence-electron chi connectivity index (χ2n) is 8.66. The third-order valence-electron chi connectivity index (χ3n) is 5.38. The molecular weight excluding hydrogens is 312 g/mol. The summed E-state index contributed by atoms with van der Waals surface area (Å²) in [5, 5.41) is 0. The van der Waals surface area contributed by atoms with Gasteiger partial charge in [0.15, 0.2) is 0 Å². The highest BCUT2D eigenvalue weighted by Crippen LogP contribution is 2.27. The van der Waals surface area contributed by atoms with E-state index in [4.69, 9.17) is 14.7 Å². The smallest absolute Gasteiger partial charge is 0.136 e. The molecule has 2 saturated heterocycles. The van der Waals surface area contributed by atoms with Crippen LogP contribution in [0.25, 0.3) is 0 Å². The van der Waals surface area contributed by atoms with E-state index in [-0.39, 0.29) is 5.41 Å². The summed E-state index contributed by atoms with van der Waals surface area (Å²) in [6.07, 6.45) is 5.31. The molecule has 140 valence electrons. The van der Waals surface area contributed by atoms with E-state index < -0.39 is 0 Å². The first-order chi connectivity index (χ1) is 12.0. The van der Waals surface area contributed by atoms with Crippen molar-refractivity contribution in [2.75, 3.05) is 44.7 Å². The lowest BCUT2D eigenvalue weighted by Crippen LogP contribution is -2.39. The van der Waals surface area contributed by atoms with Crippen LogP contribution in [0.4, 0.5) is 5.82 Å². The van der Waals surface area contributed by atoms with Crippen molar-refractivity contribution in [3.05, 3.63) is 17.6 Å². The zero-order chi connectivity index (χ0) is 17.9. The zero-order valence-electron chi connectivity index (χ0n) is 16.4. The Bertz CT molecular complexity index is 555. The van der Waals surface area contributed by atoms with Gasteiger partial charge in [-0.3, -0.25) is 0 Å². The molecule has 1 aromatic rings. The normalized spacial score (nSPS) is 20.4. The minimum Gasteiger partial charge on any atom is -0.378 e. The maximum Gasteiger partial charge on any atom is 0.136 e. The Morgan fingerprint density at radius 2 is 1.76 bits per heavy atom. The van der Waals surface area contributed by atoms with Crippen LogP contribution in [0.15, 0.2) is 6.07 Å². The molecule has 0 N–H and O–H groups in total. The van der Waals surface area contributed by atoms with E-state index in [2.05, 4.69) is 36.6 Å². The maximum absolute atomic E-state index is 5.31. The second kappa shape index (κ2) is 8.00. The van der Waals surface area contributed by atoms with Crippen molar-refractivity contribution < 1.29 is 4.74 Å². The van der Waals surface area contributed by atoms with Crippen LogP contribution in [-0.4, -0.2) is 54.7 Å². The van der Waals surface area contributed by atoms with Crippen molar-refractivity contribution in [3.63, 3.8) is 0 Å². The number of hydrogen-bond acceptors (Lipinski definition) is 5. The summed E-state index contributed by atoms with van der Waals surface area (Å²) in [6, 6.07) is 2.11. The molecule has 2 aliphatic rings. The topological polar surface area (TPSA) is 41.5 Å². The van der Waals surface area contributed by atoms with Crippen LogP contribution in [-0.2, 0) is 16.8 Å². The van der Waals surface area contributed by atoms with Gasteiger partial charge in [0.25, 0.3) is 0 Å².